The number of aromatic nitrogens is 1. The van der Waals surface area contributed by atoms with Crippen LogP contribution < -0.4 is 19.9 Å². The Balaban J connectivity index is 0.000000230. The lowest BCUT2D eigenvalue weighted by atomic mass is 10.0. The summed E-state index contributed by atoms with van der Waals surface area (Å²) < 4.78 is 36.8. The molecule has 7 rings (SSSR count). The monoisotopic (exact) mass is 697 g/mol. The number of morpholine rings is 1. The zero-order chi connectivity index (χ0) is 33.5. The number of hydrogen-bond acceptors (Lipinski definition) is 11. The maximum absolute atomic E-state index is 13.0. The number of methoxy groups -OCH3 is 1. The minimum atomic E-state index is -3.37. The molecule has 15 heteroatoms. The third-order valence-corrected chi connectivity index (χ3v) is 11.4. The van der Waals surface area contributed by atoms with Crippen LogP contribution in [0.25, 0.3) is 10.9 Å². The number of nitrogens with one attached hydrogen (secondary N) is 1. The van der Waals surface area contributed by atoms with Gasteiger partial charge in [0.2, 0.25) is 5.91 Å². The highest BCUT2D eigenvalue weighted by Gasteiger charge is 2.32. The molecular weight excluding hydrogens is 666 g/mol. The minimum Gasteiger partial charge on any atom is -0.495 e. The van der Waals surface area contributed by atoms with Gasteiger partial charge in [-0.05, 0) is 49.7 Å². The zero-order valence-electron chi connectivity index (χ0n) is 25.9. The maximum atomic E-state index is 13.0. The third kappa shape index (κ3) is 6.55. The summed E-state index contributed by atoms with van der Waals surface area (Å²) in [5.41, 5.74) is 5.75. The number of thioether (sulfide) groups is 1. The van der Waals surface area contributed by atoms with Gasteiger partial charge in [-0.15, -0.1) is 11.8 Å². The SMILES string of the molecule is COc1cc2nc(C)c(C)c(N3CCS(=O)(=O)c4ccc(N5CCOCC5)cc43)c2cc1Cl.O=C1CSc2ccc([N+](=O)[O-])cc2N1. The molecule has 3 aromatic carbocycles. The zero-order valence-corrected chi connectivity index (χ0v) is 28.3. The smallest absolute Gasteiger partial charge is 0.271 e. The van der Waals surface area contributed by atoms with Gasteiger partial charge in [0.1, 0.15) is 5.75 Å². The Hall–Kier alpha value is -4.11. The molecule has 4 heterocycles. The van der Waals surface area contributed by atoms with Gasteiger partial charge in [-0.2, -0.15) is 0 Å². The molecule has 0 unspecified atom stereocenters. The van der Waals surface area contributed by atoms with Gasteiger partial charge in [-0.25, -0.2) is 8.42 Å². The highest BCUT2D eigenvalue weighted by molar-refractivity contribution is 8.00. The molecule has 47 heavy (non-hydrogen) atoms. The van der Waals surface area contributed by atoms with E-state index < -0.39 is 14.8 Å². The quantitative estimate of drug-likeness (QED) is 0.201. The van der Waals surface area contributed by atoms with Gasteiger partial charge in [-0.1, -0.05) is 11.6 Å². The Morgan fingerprint density at radius 1 is 1.09 bits per heavy atom. The van der Waals surface area contributed by atoms with Crippen molar-refractivity contribution in [2.24, 2.45) is 0 Å². The van der Waals surface area contributed by atoms with Crippen LogP contribution in [0.4, 0.5) is 28.4 Å². The second-order valence-corrected chi connectivity index (χ2v) is 14.7. The number of carbonyl (C=O) groups excluding carboxylic acids is 1. The summed E-state index contributed by atoms with van der Waals surface area (Å²) in [6.07, 6.45) is 0. The predicted molar refractivity (Wildman–Crippen MR) is 184 cm³/mol. The van der Waals surface area contributed by atoms with Crippen molar-refractivity contribution in [3.8, 4) is 5.75 Å². The number of amides is 1. The third-order valence-electron chi connectivity index (χ3n) is 8.32. The van der Waals surface area contributed by atoms with Crippen molar-refractivity contribution in [2.75, 3.05) is 66.6 Å². The molecule has 4 aromatic rings. The number of benzene rings is 3. The first-order valence-electron chi connectivity index (χ1n) is 14.8. The molecule has 1 saturated heterocycles. The van der Waals surface area contributed by atoms with Gasteiger partial charge in [0.25, 0.3) is 5.69 Å². The van der Waals surface area contributed by atoms with Crippen LogP contribution in [0.3, 0.4) is 0 Å². The first-order valence-corrected chi connectivity index (χ1v) is 17.8. The average Bonchev–Trinajstić information content (AvgIpc) is 3.06. The number of ether oxygens (including phenoxy) is 2. The first kappa shape index (κ1) is 32.8. The van der Waals surface area contributed by atoms with E-state index in [2.05, 4.69) is 15.1 Å². The van der Waals surface area contributed by atoms with E-state index in [9.17, 15) is 23.3 Å². The highest BCUT2D eigenvalue weighted by Crippen LogP contribution is 2.44. The Kier molecular flexibility index (Phi) is 9.20. The lowest BCUT2D eigenvalue weighted by Gasteiger charge is -2.35. The van der Waals surface area contributed by atoms with E-state index in [1.807, 2.05) is 38.1 Å². The van der Waals surface area contributed by atoms with Gasteiger partial charge < -0.3 is 24.6 Å². The van der Waals surface area contributed by atoms with Crippen molar-refractivity contribution in [3.63, 3.8) is 0 Å². The molecule has 1 fully saturated rings. The molecule has 0 bridgehead atoms. The van der Waals surface area contributed by atoms with Gasteiger partial charge in [0, 0.05) is 59.5 Å². The molecule has 1 aromatic heterocycles. The summed E-state index contributed by atoms with van der Waals surface area (Å²) in [5, 5.41) is 14.4. The number of pyridine rings is 1. The number of nitro groups is 1. The molecule has 0 atom stereocenters. The molecule has 0 saturated carbocycles. The van der Waals surface area contributed by atoms with Crippen LogP contribution in [0.1, 0.15) is 11.3 Å². The lowest BCUT2D eigenvalue weighted by molar-refractivity contribution is -0.384. The number of sulfone groups is 1. The number of nitrogens with zero attached hydrogens (tertiary/aromatic N) is 4. The molecule has 3 aliphatic rings. The Morgan fingerprint density at radius 3 is 2.57 bits per heavy atom. The van der Waals surface area contributed by atoms with Gasteiger partial charge >= 0.3 is 0 Å². The summed E-state index contributed by atoms with van der Waals surface area (Å²) in [6.45, 7) is 7.20. The van der Waals surface area contributed by atoms with Gasteiger partial charge in [0.05, 0.1) is 69.2 Å². The van der Waals surface area contributed by atoms with Gasteiger partial charge in [0.15, 0.2) is 9.84 Å². The van der Waals surface area contributed by atoms with E-state index >= 15 is 0 Å². The molecule has 246 valence electrons. The van der Waals surface area contributed by atoms with Crippen molar-refractivity contribution in [3.05, 3.63) is 74.9 Å². The average molecular weight is 698 g/mol. The summed E-state index contributed by atoms with van der Waals surface area (Å²) in [6, 6.07) is 13.8. The number of non-ortho nitro benzene ring substituents is 1. The fraction of sp³-hybridized carbons (Fsp3) is 0.312. The summed E-state index contributed by atoms with van der Waals surface area (Å²) >= 11 is 7.88. The van der Waals surface area contributed by atoms with Crippen molar-refractivity contribution in [2.45, 2.75) is 23.6 Å². The Morgan fingerprint density at radius 2 is 1.85 bits per heavy atom. The van der Waals surface area contributed by atoms with Crippen LogP contribution in [-0.4, -0.2) is 75.7 Å². The summed E-state index contributed by atoms with van der Waals surface area (Å²) in [4.78, 5) is 31.3. The number of nitro benzene ring substituents is 1. The minimum absolute atomic E-state index is 0.00782. The molecule has 1 amide bonds. The Bertz CT molecular complexity index is 2020. The highest BCUT2D eigenvalue weighted by atomic mass is 35.5. The number of aryl methyl sites for hydroxylation is 1. The fourth-order valence-electron chi connectivity index (χ4n) is 5.82. The molecular formula is C32H32ClN5O7S2. The van der Waals surface area contributed by atoms with Crippen molar-refractivity contribution in [1.29, 1.82) is 0 Å². The summed E-state index contributed by atoms with van der Waals surface area (Å²) in [7, 11) is -1.79. The van der Waals surface area contributed by atoms with E-state index in [0.29, 0.717) is 52.6 Å². The van der Waals surface area contributed by atoms with Crippen molar-refractivity contribution < 1.29 is 27.6 Å². The topological polar surface area (TPSA) is 144 Å². The second-order valence-electron chi connectivity index (χ2n) is 11.2. The molecule has 3 aliphatic heterocycles. The number of rotatable bonds is 4. The lowest BCUT2D eigenvalue weighted by Crippen LogP contribution is -2.37. The van der Waals surface area contributed by atoms with Crippen LogP contribution in [0.2, 0.25) is 5.02 Å². The maximum Gasteiger partial charge on any atom is 0.271 e. The molecule has 0 aliphatic carbocycles. The van der Waals surface area contributed by atoms with E-state index in [1.54, 1.807) is 19.2 Å². The second kappa shape index (κ2) is 13.2. The number of fused-ring (bicyclic) bond motifs is 3. The standard InChI is InChI=1S/C24H26ClN3O4S.C8H6N2O3S/c1-15-16(2)26-20-14-22(31-3)19(25)13-18(20)24(15)28-8-11-33(29,30)23-5-4-17(12-21(23)28)27-6-9-32-10-7-27;11-8-4-14-7-2-1-5(10(12)13)3-6(7)9-8/h4-5,12-14H,6-11H2,1-3H3;1-3H,4H2,(H,9,11). The van der Waals surface area contributed by atoms with Crippen molar-refractivity contribution >= 4 is 78.4 Å². The molecule has 0 radical (unpaired) electrons. The summed E-state index contributed by atoms with van der Waals surface area (Å²) in [5.74, 6) is 0.846. The number of halogens is 1. The van der Waals surface area contributed by atoms with E-state index in [4.69, 9.17) is 26.1 Å². The molecule has 1 N–H and O–H groups in total. The van der Waals surface area contributed by atoms with Crippen LogP contribution in [0.5, 0.6) is 5.75 Å². The number of carbonyl (C=O) groups is 1. The molecule has 0 spiro atoms. The number of hydrogen-bond donors (Lipinski definition) is 1. The van der Waals surface area contributed by atoms with Crippen LogP contribution in [0.15, 0.2) is 58.3 Å². The van der Waals surface area contributed by atoms with Crippen molar-refractivity contribution in [1.82, 2.24) is 4.98 Å². The van der Waals surface area contributed by atoms with Crippen LogP contribution in [0, 0.1) is 24.0 Å². The number of anilines is 4. The largest absolute Gasteiger partial charge is 0.495 e. The normalized spacial score (nSPS) is 16.8. The van der Waals surface area contributed by atoms with Gasteiger partial charge in [-0.3, -0.25) is 19.9 Å². The fourth-order valence-corrected chi connectivity index (χ4v) is 8.26. The van der Waals surface area contributed by atoms with Crippen LogP contribution in [-0.2, 0) is 19.4 Å². The van der Waals surface area contributed by atoms with E-state index in [0.717, 1.165) is 51.5 Å². The van der Waals surface area contributed by atoms with E-state index in [1.165, 1.54) is 23.9 Å². The first-order chi connectivity index (χ1) is 22.5. The predicted octanol–water partition coefficient (Wildman–Crippen LogP) is 5.91. The van der Waals surface area contributed by atoms with Crippen LogP contribution >= 0.6 is 23.4 Å². The van der Waals surface area contributed by atoms with E-state index in [-0.39, 0.29) is 17.3 Å². The molecule has 12 nitrogen and oxygen atoms in total. The Labute approximate surface area is 281 Å².